The van der Waals surface area contributed by atoms with Crippen LogP contribution in [0.5, 0.6) is 0 Å². The van der Waals surface area contributed by atoms with Crippen LogP contribution in [0.15, 0.2) is 18.2 Å². The third kappa shape index (κ3) is 1.50. The van der Waals surface area contributed by atoms with Gasteiger partial charge in [-0.2, -0.15) is 0 Å². The largest absolute Gasteiger partial charge is 0.387 e. The first-order chi connectivity index (χ1) is 7.56. The molecule has 86 valence electrons. The minimum atomic E-state index is -0.745. The SMILES string of the molecule is Cc1c(C(O)CN)c2cc(F)ccc2n1C. The fourth-order valence-electron chi connectivity index (χ4n) is 2.11. The van der Waals surface area contributed by atoms with Crippen LogP contribution in [0, 0.1) is 12.7 Å². The van der Waals surface area contributed by atoms with E-state index in [2.05, 4.69) is 0 Å². The Morgan fingerprint density at radius 1 is 1.50 bits per heavy atom. The Balaban J connectivity index is 2.80. The third-order valence-corrected chi connectivity index (χ3v) is 3.06. The van der Waals surface area contributed by atoms with Gasteiger partial charge in [0.2, 0.25) is 0 Å². The van der Waals surface area contributed by atoms with Crippen LogP contribution in [0.2, 0.25) is 0 Å². The van der Waals surface area contributed by atoms with Crippen molar-refractivity contribution in [3.8, 4) is 0 Å². The third-order valence-electron chi connectivity index (χ3n) is 3.06. The number of fused-ring (bicyclic) bond motifs is 1. The van der Waals surface area contributed by atoms with Gasteiger partial charge < -0.3 is 15.4 Å². The number of halogens is 1. The zero-order valence-electron chi connectivity index (χ0n) is 9.37. The summed E-state index contributed by atoms with van der Waals surface area (Å²) in [5.41, 5.74) is 8.00. The van der Waals surface area contributed by atoms with Crippen LogP contribution in [-0.4, -0.2) is 16.2 Å². The summed E-state index contributed by atoms with van der Waals surface area (Å²) < 4.78 is 15.1. The molecule has 1 heterocycles. The zero-order chi connectivity index (χ0) is 11.9. The van der Waals surface area contributed by atoms with Crippen molar-refractivity contribution in [2.75, 3.05) is 6.54 Å². The summed E-state index contributed by atoms with van der Waals surface area (Å²) in [7, 11) is 1.89. The molecule has 0 aliphatic carbocycles. The van der Waals surface area contributed by atoms with E-state index < -0.39 is 6.10 Å². The minimum absolute atomic E-state index is 0.135. The van der Waals surface area contributed by atoms with Gasteiger partial charge in [0.05, 0.1) is 6.10 Å². The van der Waals surface area contributed by atoms with E-state index in [0.29, 0.717) is 0 Å². The normalized spacial score (nSPS) is 13.3. The zero-order valence-corrected chi connectivity index (χ0v) is 9.37. The number of hydrogen-bond acceptors (Lipinski definition) is 2. The summed E-state index contributed by atoms with van der Waals surface area (Å²) in [6.07, 6.45) is -0.745. The molecule has 0 bridgehead atoms. The van der Waals surface area contributed by atoms with Crippen molar-refractivity contribution >= 4 is 10.9 Å². The highest BCUT2D eigenvalue weighted by molar-refractivity contribution is 5.86. The molecule has 1 unspecified atom stereocenters. The number of nitrogens with two attached hydrogens (primary N) is 1. The van der Waals surface area contributed by atoms with Gasteiger partial charge in [0.1, 0.15) is 5.82 Å². The first-order valence-electron chi connectivity index (χ1n) is 5.18. The predicted octanol–water partition coefficient (Wildman–Crippen LogP) is 1.62. The van der Waals surface area contributed by atoms with E-state index in [-0.39, 0.29) is 12.4 Å². The number of aryl methyl sites for hydroxylation is 1. The lowest BCUT2D eigenvalue weighted by molar-refractivity contribution is 0.187. The van der Waals surface area contributed by atoms with Crippen molar-refractivity contribution in [3.63, 3.8) is 0 Å². The molecule has 0 saturated carbocycles. The molecule has 3 nitrogen and oxygen atoms in total. The molecule has 1 aromatic heterocycles. The molecule has 0 spiro atoms. The Kier molecular flexibility index (Phi) is 2.69. The number of benzene rings is 1. The monoisotopic (exact) mass is 222 g/mol. The lowest BCUT2D eigenvalue weighted by atomic mass is 10.1. The maximum Gasteiger partial charge on any atom is 0.123 e. The summed E-state index contributed by atoms with van der Waals surface area (Å²) in [5.74, 6) is -0.302. The molecule has 1 atom stereocenters. The van der Waals surface area contributed by atoms with Crippen molar-refractivity contribution < 1.29 is 9.50 Å². The molecule has 0 saturated heterocycles. The fraction of sp³-hybridized carbons (Fsp3) is 0.333. The molecule has 0 aliphatic rings. The smallest absolute Gasteiger partial charge is 0.123 e. The average molecular weight is 222 g/mol. The van der Waals surface area contributed by atoms with E-state index in [1.807, 2.05) is 18.5 Å². The molecule has 0 amide bonds. The van der Waals surface area contributed by atoms with Crippen molar-refractivity contribution in [1.82, 2.24) is 4.57 Å². The number of nitrogens with zero attached hydrogens (tertiary/aromatic N) is 1. The number of hydrogen-bond donors (Lipinski definition) is 2. The van der Waals surface area contributed by atoms with Crippen LogP contribution in [0.4, 0.5) is 4.39 Å². The quantitative estimate of drug-likeness (QED) is 0.811. The first-order valence-corrected chi connectivity index (χ1v) is 5.18. The second-order valence-corrected chi connectivity index (χ2v) is 3.97. The van der Waals surface area contributed by atoms with Crippen LogP contribution in [0.25, 0.3) is 10.9 Å². The van der Waals surface area contributed by atoms with Crippen molar-refractivity contribution in [1.29, 1.82) is 0 Å². The average Bonchev–Trinajstić information content (AvgIpc) is 2.51. The van der Waals surface area contributed by atoms with Crippen LogP contribution in [-0.2, 0) is 7.05 Å². The van der Waals surface area contributed by atoms with Crippen LogP contribution in [0.3, 0.4) is 0 Å². The minimum Gasteiger partial charge on any atom is -0.387 e. The Hall–Kier alpha value is -1.39. The molecule has 0 fully saturated rings. The summed E-state index contributed by atoms with van der Waals surface area (Å²) in [6.45, 7) is 2.03. The van der Waals surface area contributed by atoms with Gasteiger partial charge in [0, 0.05) is 35.8 Å². The van der Waals surface area contributed by atoms with Crippen molar-refractivity contribution in [2.24, 2.45) is 12.8 Å². The van der Waals surface area contributed by atoms with Gasteiger partial charge in [-0.05, 0) is 25.1 Å². The maximum atomic E-state index is 13.2. The van der Waals surface area contributed by atoms with Gasteiger partial charge in [-0.15, -0.1) is 0 Å². The molecule has 1 aromatic carbocycles. The van der Waals surface area contributed by atoms with Gasteiger partial charge in [0.25, 0.3) is 0 Å². The lowest BCUT2D eigenvalue weighted by Crippen LogP contribution is -2.12. The molecule has 0 aliphatic heterocycles. The van der Waals surface area contributed by atoms with Crippen molar-refractivity contribution in [3.05, 3.63) is 35.3 Å². The predicted molar refractivity (Wildman–Crippen MR) is 61.6 cm³/mol. The van der Waals surface area contributed by atoms with Crippen LogP contribution < -0.4 is 5.73 Å². The van der Waals surface area contributed by atoms with E-state index in [1.54, 1.807) is 6.07 Å². The van der Waals surface area contributed by atoms with Crippen LogP contribution >= 0.6 is 0 Å². The molecular weight excluding hydrogens is 207 g/mol. The van der Waals surface area contributed by atoms with E-state index in [1.165, 1.54) is 12.1 Å². The molecule has 16 heavy (non-hydrogen) atoms. The van der Waals surface area contributed by atoms with Gasteiger partial charge >= 0.3 is 0 Å². The second-order valence-electron chi connectivity index (χ2n) is 3.97. The van der Waals surface area contributed by atoms with Gasteiger partial charge in [0.15, 0.2) is 0 Å². The highest BCUT2D eigenvalue weighted by Crippen LogP contribution is 2.30. The highest BCUT2D eigenvalue weighted by Gasteiger charge is 2.17. The topological polar surface area (TPSA) is 51.2 Å². The Bertz CT molecular complexity index is 533. The standard InChI is InChI=1S/C12H15FN2O/c1-7-12(11(16)6-14)9-5-8(13)3-4-10(9)15(7)2/h3-5,11,16H,6,14H2,1-2H3. The summed E-state index contributed by atoms with van der Waals surface area (Å²) in [5, 5.41) is 10.6. The van der Waals surface area contributed by atoms with Gasteiger partial charge in [-0.1, -0.05) is 0 Å². The Morgan fingerprint density at radius 3 is 2.81 bits per heavy atom. The molecule has 3 N–H and O–H groups in total. The highest BCUT2D eigenvalue weighted by atomic mass is 19.1. The summed E-state index contributed by atoms with van der Waals surface area (Å²) >= 11 is 0. The number of aliphatic hydroxyl groups excluding tert-OH is 1. The van der Waals surface area contributed by atoms with Gasteiger partial charge in [-0.25, -0.2) is 4.39 Å². The van der Waals surface area contributed by atoms with Crippen molar-refractivity contribution in [2.45, 2.75) is 13.0 Å². The molecule has 0 radical (unpaired) electrons. The lowest BCUT2D eigenvalue weighted by Gasteiger charge is -2.08. The second kappa shape index (κ2) is 3.88. The Labute approximate surface area is 93.3 Å². The molecule has 2 rings (SSSR count). The Morgan fingerprint density at radius 2 is 2.19 bits per heavy atom. The number of aromatic nitrogens is 1. The van der Waals surface area contributed by atoms with E-state index >= 15 is 0 Å². The van der Waals surface area contributed by atoms with E-state index in [0.717, 1.165) is 22.2 Å². The first kappa shape index (κ1) is 11.1. The van der Waals surface area contributed by atoms with E-state index in [4.69, 9.17) is 5.73 Å². The molecule has 2 aromatic rings. The summed E-state index contributed by atoms with van der Waals surface area (Å²) in [6, 6.07) is 4.57. The number of aliphatic hydroxyl groups is 1. The molecule has 4 heteroatoms. The summed E-state index contributed by atoms with van der Waals surface area (Å²) in [4.78, 5) is 0. The fourth-order valence-corrected chi connectivity index (χ4v) is 2.11. The molecular formula is C12H15FN2O. The van der Waals surface area contributed by atoms with Gasteiger partial charge in [-0.3, -0.25) is 0 Å². The maximum absolute atomic E-state index is 13.2. The van der Waals surface area contributed by atoms with E-state index in [9.17, 15) is 9.50 Å². The van der Waals surface area contributed by atoms with Crippen LogP contribution in [0.1, 0.15) is 17.4 Å². The number of rotatable bonds is 2.